The molecule has 0 N–H and O–H groups in total. The molecule has 1 fully saturated rings. The molecule has 0 heterocycles. The summed E-state index contributed by atoms with van der Waals surface area (Å²) < 4.78 is 2.42. The van der Waals surface area contributed by atoms with Gasteiger partial charge in [-0.05, 0) is 0 Å². The Morgan fingerprint density at radius 1 is 0.880 bits per heavy atom. The molecule has 1 saturated carbocycles. The first-order valence-corrected chi connectivity index (χ1v) is 16.7. The predicted octanol–water partition coefficient (Wildman–Crippen LogP) is 6.59. The van der Waals surface area contributed by atoms with Crippen LogP contribution in [-0.2, 0) is 0 Å². The molecule has 0 bridgehead atoms. The molecule has 134 valence electrons. The number of hydrogen-bond acceptors (Lipinski definition) is 0. The van der Waals surface area contributed by atoms with Gasteiger partial charge in [0.05, 0.1) is 0 Å². The van der Waals surface area contributed by atoms with Crippen molar-refractivity contribution in [2.75, 3.05) is 0 Å². The van der Waals surface area contributed by atoms with E-state index in [2.05, 4.69) is 73.0 Å². The van der Waals surface area contributed by atoms with Crippen LogP contribution in [0.4, 0.5) is 0 Å². The standard InChI is InChI=1S/C24H34Ge/c1-20-12-10-11-17-23(20)24(19-18-21-13-6-4-7-14-21)25(2,3)22-15-8-5-9-16-22/h5,8-12,15-17,21,24H,4,6-7,13-14,18-19H2,1-3H3. The van der Waals surface area contributed by atoms with E-state index in [0.717, 1.165) is 10.7 Å². The predicted molar refractivity (Wildman–Crippen MR) is 113 cm³/mol. The molecule has 0 saturated heterocycles. The van der Waals surface area contributed by atoms with Crippen molar-refractivity contribution in [1.82, 2.24) is 0 Å². The van der Waals surface area contributed by atoms with Crippen molar-refractivity contribution in [3.8, 4) is 0 Å². The molecule has 0 aliphatic heterocycles. The number of benzene rings is 2. The van der Waals surface area contributed by atoms with Crippen LogP contribution in [0, 0.1) is 12.8 Å². The first kappa shape index (κ1) is 18.8. The van der Waals surface area contributed by atoms with Crippen LogP contribution in [0.5, 0.6) is 0 Å². The summed E-state index contributed by atoms with van der Waals surface area (Å²) >= 11 is -2.17. The van der Waals surface area contributed by atoms with E-state index in [1.165, 1.54) is 50.5 Å². The van der Waals surface area contributed by atoms with Gasteiger partial charge in [-0.1, -0.05) is 0 Å². The van der Waals surface area contributed by atoms with Crippen LogP contribution in [0.2, 0.25) is 11.5 Å². The van der Waals surface area contributed by atoms with Gasteiger partial charge in [-0.3, -0.25) is 0 Å². The van der Waals surface area contributed by atoms with Gasteiger partial charge in [0.15, 0.2) is 0 Å². The zero-order chi connectivity index (χ0) is 17.7. The van der Waals surface area contributed by atoms with Gasteiger partial charge >= 0.3 is 157 Å². The summed E-state index contributed by atoms with van der Waals surface area (Å²) in [6.07, 6.45) is 10.1. The number of aryl methyl sites for hydroxylation is 1. The maximum atomic E-state index is 2.63. The SMILES string of the molecule is Cc1ccccc1[CH](CCC1CCCCC1)[Ge]([CH3])([CH3])[c]1ccccc1. The summed E-state index contributed by atoms with van der Waals surface area (Å²) in [5.41, 5.74) is 3.12. The molecule has 1 unspecified atom stereocenters. The van der Waals surface area contributed by atoms with Gasteiger partial charge in [0.1, 0.15) is 0 Å². The Morgan fingerprint density at radius 2 is 1.52 bits per heavy atom. The fraction of sp³-hybridized carbons (Fsp3) is 0.500. The van der Waals surface area contributed by atoms with Gasteiger partial charge < -0.3 is 0 Å². The molecule has 0 spiro atoms. The van der Waals surface area contributed by atoms with Gasteiger partial charge in [0.2, 0.25) is 0 Å². The molecule has 25 heavy (non-hydrogen) atoms. The molecule has 1 aliphatic rings. The quantitative estimate of drug-likeness (QED) is 0.484. The normalized spacial score (nSPS) is 17.4. The van der Waals surface area contributed by atoms with Crippen molar-refractivity contribution in [3.05, 3.63) is 65.7 Å². The van der Waals surface area contributed by atoms with Crippen LogP contribution in [0.1, 0.15) is 60.8 Å². The molecule has 2 aromatic rings. The first-order chi connectivity index (χ1) is 12.1. The molecule has 1 atom stereocenters. The molecule has 1 heteroatoms. The first-order valence-electron chi connectivity index (χ1n) is 10.2. The zero-order valence-corrected chi connectivity index (χ0v) is 18.4. The van der Waals surface area contributed by atoms with E-state index < -0.39 is 13.3 Å². The average Bonchev–Trinajstić information content (AvgIpc) is 2.65. The fourth-order valence-corrected chi connectivity index (χ4v) is 12.1. The van der Waals surface area contributed by atoms with Gasteiger partial charge in [0, 0.05) is 0 Å². The fourth-order valence-electron chi connectivity index (χ4n) is 4.83. The Labute approximate surface area is 157 Å². The van der Waals surface area contributed by atoms with E-state index in [0.29, 0.717) is 0 Å². The third kappa shape index (κ3) is 4.58. The third-order valence-corrected chi connectivity index (χ3v) is 15.3. The van der Waals surface area contributed by atoms with Crippen molar-refractivity contribution in [1.29, 1.82) is 0 Å². The Hall–Kier alpha value is -1.02. The van der Waals surface area contributed by atoms with Crippen LogP contribution >= 0.6 is 0 Å². The number of hydrogen-bond donors (Lipinski definition) is 0. The minimum atomic E-state index is -2.17. The minimum absolute atomic E-state index is 0.769. The van der Waals surface area contributed by atoms with Crippen LogP contribution in [-0.4, -0.2) is 13.3 Å². The van der Waals surface area contributed by atoms with Crippen molar-refractivity contribution in [3.63, 3.8) is 0 Å². The average molecular weight is 395 g/mol. The van der Waals surface area contributed by atoms with Crippen LogP contribution in [0.3, 0.4) is 0 Å². The monoisotopic (exact) mass is 396 g/mol. The maximum absolute atomic E-state index is 2.63. The van der Waals surface area contributed by atoms with Crippen molar-refractivity contribution in [2.24, 2.45) is 5.92 Å². The Balaban J connectivity index is 1.87. The van der Waals surface area contributed by atoms with Crippen LogP contribution < -0.4 is 4.40 Å². The Morgan fingerprint density at radius 3 is 2.20 bits per heavy atom. The molecule has 1 aliphatic carbocycles. The molecule has 0 amide bonds. The van der Waals surface area contributed by atoms with Gasteiger partial charge in [-0.2, -0.15) is 0 Å². The van der Waals surface area contributed by atoms with E-state index in [-0.39, 0.29) is 0 Å². The molecular formula is C24H34Ge. The molecule has 3 rings (SSSR count). The van der Waals surface area contributed by atoms with Gasteiger partial charge in [0.25, 0.3) is 0 Å². The summed E-state index contributed by atoms with van der Waals surface area (Å²) in [6.45, 7) is 2.31. The van der Waals surface area contributed by atoms with E-state index >= 15 is 0 Å². The second-order valence-corrected chi connectivity index (χ2v) is 18.5. The van der Waals surface area contributed by atoms with E-state index in [9.17, 15) is 0 Å². The molecule has 0 nitrogen and oxygen atoms in total. The van der Waals surface area contributed by atoms with Gasteiger partial charge in [-0.25, -0.2) is 0 Å². The summed E-state index contributed by atoms with van der Waals surface area (Å²) in [4.78, 5) is 0. The molecule has 0 aromatic heterocycles. The van der Waals surface area contributed by atoms with Crippen molar-refractivity contribution < 1.29 is 0 Å². The second kappa shape index (κ2) is 8.58. The topological polar surface area (TPSA) is 0 Å². The Bertz CT molecular complexity index is 653. The van der Waals surface area contributed by atoms with E-state index in [4.69, 9.17) is 0 Å². The van der Waals surface area contributed by atoms with Crippen molar-refractivity contribution in [2.45, 2.75) is 68.1 Å². The Kier molecular flexibility index (Phi) is 6.44. The van der Waals surface area contributed by atoms with Crippen LogP contribution in [0.15, 0.2) is 54.6 Å². The summed E-state index contributed by atoms with van der Waals surface area (Å²) in [7, 11) is 0. The third-order valence-electron chi connectivity index (χ3n) is 6.54. The van der Waals surface area contributed by atoms with E-state index in [1.807, 2.05) is 0 Å². The zero-order valence-electron chi connectivity index (χ0n) is 16.3. The molecular weight excluding hydrogens is 361 g/mol. The number of rotatable bonds is 6. The summed E-state index contributed by atoms with van der Waals surface area (Å²) in [6, 6.07) is 20.6. The second-order valence-electron chi connectivity index (χ2n) is 8.58. The van der Waals surface area contributed by atoms with Crippen LogP contribution in [0.25, 0.3) is 0 Å². The molecule has 2 aromatic carbocycles. The van der Waals surface area contributed by atoms with E-state index in [1.54, 1.807) is 9.96 Å². The summed E-state index contributed by atoms with van der Waals surface area (Å²) in [5, 5.41) is 0. The molecule has 0 radical (unpaired) electrons. The van der Waals surface area contributed by atoms with Gasteiger partial charge in [-0.15, -0.1) is 0 Å². The van der Waals surface area contributed by atoms with Crippen molar-refractivity contribution >= 4 is 17.7 Å². The summed E-state index contributed by atoms with van der Waals surface area (Å²) in [5.74, 6) is 6.25.